The second-order valence-electron chi connectivity index (χ2n) is 6.57. The summed E-state index contributed by atoms with van der Waals surface area (Å²) in [5.74, 6) is 1.73. The van der Waals surface area contributed by atoms with E-state index in [0.29, 0.717) is 26.1 Å². The number of amides is 1. The predicted octanol–water partition coefficient (Wildman–Crippen LogP) is 1.96. The van der Waals surface area contributed by atoms with E-state index in [9.17, 15) is 4.79 Å². The molecule has 1 saturated heterocycles. The van der Waals surface area contributed by atoms with Crippen LogP contribution in [0.3, 0.4) is 0 Å². The van der Waals surface area contributed by atoms with E-state index in [4.69, 9.17) is 9.47 Å². The van der Waals surface area contributed by atoms with Crippen molar-refractivity contribution in [2.45, 2.75) is 18.9 Å². The van der Waals surface area contributed by atoms with E-state index in [1.807, 2.05) is 41.4 Å². The van der Waals surface area contributed by atoms with Crippen molar-refractivity contribution >= 4 is 5.91 Å². The number of nitrogens with zero attached hydrogens (tertiary/aromatic N) is 2. The Morgan fingerprint density at radius 3 is 2.96 bits per heavy atom. The maximum atomic E-state index is 12.9. The Kier molecular flexibility index (Phi) is 5.02. The molecule has 1 aromatic heterocycles. The summed E-state index contributed by atoms with van der Waals surface area (Å²) in [6, 6.07) is 9.92. The average Bonchev–Trinajstić information content (AvgIpc) is 2.72. The molecular formula is C20H23N3O3. The third kappa shape index (κ3) is 3.65. The molecule has 2 aliphatic heterocycles. The lowest BCUT2D eigenvalue weighted by atomic mass is 10.0. The summed E-state index contributed by atoms with van der Waals surface area (Å²) in [5, 5.41) is 3.37. The SMILES string of the molecule is O=C(CCc1ccc2c(c1)OCCO2)N1CCNCC1c1cccnc1. The van der Waals surface area contributed by atoms with Crippen LogP contribution in [0.1, 0.15) is 23.6 Å². The number of benzene rings is 1. The van der Waals surface area contributed by atoms with E-state index in [0.717, 1.165) is 42.3 Å². The van der Waals surface area contributed by atoms with Crippen LogP contribution in [-0.2, 0) is 11.2 Å². The van der Waals surface area contributed by atoms with E-state index in [1.54, 1.807) is 6.20 Å². The molecule has 0 bridgehead atoms. The number of carbonyl (C=O) groups excluding carboxylic acids is 1. The highest BCUT2D eigenvalue weighted by Crippen LogP contribution is 2.31. The van der Waals surface area contributed by atoms with Gasteiger partial charge in [-0.3, -0.25) is 9.78 Å². The van der Waals surface area contributed by atoms with Crippen molar-refractivity contribution < 1.29 is 14.3 Å². The van der Waals surface area contributed by atoms with Crippen LogP contribution in [0.15, 0.2) is 42.7 Å². The Balaban J connectivity index is 1.42. The lowest BCUT2D eigenvalue weighted by Crippen LogP contribution is -2.48. The number of hydrogen-bond acceptors (Lipinski definition) is 5. The number of pyridine rings is 1. The predicted molar refractivity (Wildman–Crippen MR) is 97.3 cm³/mol. The van der Waals surface area contributed by atoms with Crippen molar-refractivity contribution in [3.05, 3.63) is 53.9 Å². The van der Waals surface area contributed by atoms with Crippen LogP contribution in [0, 0.1) is 0 Å². The van der Waals surface area contributed by atoms with Crippen molar-refractivity contribution in [3.8, 4) is 11.5 Å². The molecule has 136 valence electrons. The number of fused-ring (bicyclic) bond motifs is 1. The first-order chi connectivity index (χ1) is 12.8. The molecular weight excluding hydrogens is 330 g/mol. The van der Waals surface area contributed by atoms with Crippen LogP contribution in [0.25, 0.3) is 0 Å². The Morgan fingerprint density at radius 1 is 1.23 bits per heavy atom. The minimum absolute atomic E-state index is 0.0465. The molecule has 0 spiro atoms. The van der Waals surface area contributed by atoms with Gasteiger partial charge in [-0.25, -0.2) is 0 Å². The van der Waals surface area contributed by atoms with Gasteiger partial charge in [-0.2, -0.15) is 0 Å². The molecule has 1 atom stereocenters. The first kappa shape index (κ1) is 16.8. The molecule has 1 N–H and O–H groups in total. The molecule has 1 fully saturated rings. The van der Waals surface area contributed by atoms with Gasteiger partial charge in [0.05, 0.1) is 6.04 Å². The Hall–Kier alpha value is -2.60. The van der Waals surface area contributed by atoms with E-state index in [2.05, 4.69) is 10.3 Å². The van der Waals surface area contributed by atoms with Gasteiger partial charge in [0.2, 0.25) is 5.91 Å². The maximum Gasteiger partial charge on any atom is 0.223 e. The van der Waals surface area contributed by atoms with Gasteiger partial charge in [0, 0.05) is 38.4 Å². The topological polar surface area (TPSA) is 63.7 Å². The number of aromatic nitrogens is 1. The Bertz CT molecular complexity index is 766. The summed E-state index contributed by atoms with van der Waals surface area (Å²) in [5.41, 5.74) is 2.17. The molecule has 26 heavy (non-hydrogen) atoms. The minimum Gasteiger partial charge on any atom is -0.486 e. The lowest BCUT2D eigenvalue weighted by Gasteiger charge is -2.36. The van der Waals surface area contributed by atoms with E-state index in [-0.39, 0.29) is 11.9 Å². The highest BCUT2D eigenvalue weighted by atomic mass is 16.6. The summed E-state index contributed by atoms with van der Waals surface area (Å²) in [7, 11) is 0. The zero-order valence-electron chi connectivity index (χ0n) is 14.7. The van der Waals surface area contributed by atoms with Crippen LogP contribution >= 0.6 is 0 Å². The standard InChI is InChI=1S/C20H23N3O3/c24-20(6-4-15-3-5-18-19(12-15)26-11-10-25-18)23-9-8-22-14-17(23)16-2-1-7-21-13-16/h1-3,5,7,12-13,17,22H,4,6,8-11,14H2. The number of piperazine rings is 1. The third-order valence-corrected chi connectivity index (χ3v) is 4.87. The highest BCUT2D eigenvalue weighted by Gasteiger charge is 2.27. The lowest BCUT2D eigenvalue weighted by molar-refractivity contribution is -0.134. The number of aryl methyl sites for hydroxylation is 1. The smallest absolute Gasteiger partial charge is 0.223 e. The van der Waals surface area contributed by atoms with Crippen molar-refractivity contribution in [1.82, 2.24) is 15.2 Å². The van der Waals surface area contributed by atoms with Crippen molar-refractivity contribution in [2.75, 3.05) is 32.8 Å². The third-order valence-electron chi connectivity index (χ3n) is 4.87. The van der Waals surface area contributed by atoms with Crippen LogP contribution in [0.5, 0.6) is 11.5 Å². The summed E-state index contributed by atoms with van der Waals surface area (Å²) >= 11 is 0. The number of hydrogen-bond donors (Lipinski definition) is 1. The van der Waals surface area contributed by atoms with Crippen molar-refractivity contribution in [3.63, 3.8) is 0 Å². The average molecular weight is 353 g/mol. The Morgan fingerprint density at radius 2 is 2.12 bits per heavy atom. The monoisotopic (exact) mass is 353 g/mol. The number of rotatable bonds is 4. The summed E-state index contributed by atoms with van der Waals surface area (Å²) in [6.07, 6.45) is 4.78. The second kappa shape index (κ2) is 7.74. The minimum atomic E-state index is 0.0465. The van der Waals surface area contributed by atoms with Crippen molar-refractivity contribution in [2.24, 2.45) is 0 Å². The second-order valence-corrected chi connectivity index (χ2v) is 6.57. The molecule has 0 aliphatic carbocycles. The van der Waals surface area contributed by atoms with E-state index in [1.165, 1.54) is 0 Å². The van der Waals surface area contributed by atoms with Gasteiger partial charge in [-0.05, 0) is 35.7 Å². The first-order valence-corrected chi connectivity index (χ1v) is 9.10. The molecule has 0 saturated carbocycles. The van der Waals surface area contributed by atoms with Crippen LogP contribution in [-0.4, -0.2) is 48.6 Å². The molecule has 6 heteroatoms. The fraction of sp³-hybridized carbons (Fsp3) is 0.400. The molecule has 1 aromatic carbocycles. The van der Waals surface area contributed by atoms with Crippen LogP contribution in [0.4, 0.5) is 0 Å². The first-order valence-electron chi connectivity index (χ1n) is 9.10. The van der Waals surface area contributed by atoms with Gasteiger partial charge in [0.15, 0.2) is 11.5 Å². The molecule has 0 radical (unpaired) electrons. The number of ether oxygens (including phenoxy) is 2. The zero-order valence-corrected chi connectivity index (χ0v) is 14.7. The zero-order chi connectivity index (χ0) is 17.8. The van der Waals surface area contributed by atoms with Gasteiger partial charge in [0.25, 0.3) is 0 Å². The largest absolute Gasteiger partial charge is 0.486 e. The number of nitrogens with one attached hydrogen (secondary N) is 1. The number of carbonyl (C=O) groups is 1. The molecule has 1 amide bonds. The summed E-state index contributed by atoms with van der Waals surface area (Å²) < 4.78 is 11.2. The van der Waals surface area contributed by atoms with Gasteiger partial charge in [0.1, 0.15) is 13.2 Å². The molecule has 3 heterocycles. The van der Waals surface area contributed by atoms with Gasteiger partial charge in [-0.15, -0.1) is 0 Å². The highest BCUT2D eigenvalue weighted by molar-refractivity contribution is 5.77. The maximum absolute atomic E-state index is 12.9. The van der Waals surface area contributed by atoms with Gasteiger partial charge < -0.3 is 19.7 Å². The normalized spacial score (nSPS) is 19.2. The van der Waals surface area contributed by atoms with Crippen LogP contribution in [0.2, 0.25) is 0 Å². The molecule has 6 nitrogen and oxygen atoms in total. The molecule has 1 unspecified atom stereocenters. The molecule has 2 aromatic rings. The fourth-order valence-corrected chi connectivity index (χ4v) is 3.51. The van der Waals surface area contributed by atoms with Gasteiger partial charge >= 0.3 is 0 Å². The van der Waals surface area contributed by atoms with Crippen LogP contribution < -0.4 is 14.8 Å². The Labute approximate surface area is 153 Å². The van der Waals surface area contributed by atoms with Crippen molar-refractivity contribution in [1.29, 1.82) is 0 Å². The summed E-state index contributed by atoms with van der Waals surface area (Å²) in [4.78, 5) is 19.0. The summed E-state index contributed by atoms with van der Waals surface area (Å²) in [6.45, 7) is 3.47. The fourth-order valence-electron chi connectivity index (χ4n) is 3.51. The van der Waals surface area contributed by atoms with E-state index >= 15 is 0 Å². The quantitative estimate of drug-likeness (QED) is 0.910. The molecule has 4 rings (SSSR count). The van der Waals surface area contributed by atoms with Gasteiger partial charge in [-0.1, -0.05) is 12.1 Å². The molecule has 2 aliphatic rings. The van der Waals surface area contributed by atoms with E-state index < -0.39 is 0 Å².